The summed E-state index contributed by atoms with van der Waals surface area (Å²) in [5, 5.41) is 0.506. The van der Waals surface area contributed by atoms with Crippen LogP contribution in [0.5, 0.6) is 0 Å². The van der Waals surface area contributed by atoms with Gasteiger partial charge in [-0.2, -0.15) is 0 Å². The van der Waals surface area contributed by atoms with Gasteiger partial charge in [0, 0.05) is 10.1 Å². The van der Waals surface area contributed by atoms with Crippen molar-refractivity contribution in [1.82, 2.24) is 0 Å². The minimum Gasteiger partial charge on any atom is -0.330 e. The van der Waals surface area contributed by atoms with E-state index < -0.39 is 0 Å². The third-order valence-corrected chi connectivity index (χ3v) is 4.52. The molecular formula is C12H16FNS. The number of rotatable bonds is 3. The zero-order valence-corrected chi connectivity index (χ0v) is 9.47. The Kier molecular flexibility index (Phi) is 3.65. The number of thioether (sulfide) groups is 1. The van der Waals surface area contributed by atoms with E-state index in [-0.39, 0.29) is 5.82 Å². The zero-order valence-electron chi connectivity index (χ0n) is 8.66. The molecule has 0 saturated heterocycles. The first-order chi connectivity index (χ1) is 7.31. The van der Waals surface area contributed by atoms with Crippen molar-refractivity contribution < 1.29 is 4.39 Å². The molecule has 0 aliphatic heterocycles. The van der Waals surface area contributed by atoms with Crippen LogP contribution in [0.4, 0.5) is 4.39 Å². The fraction of sp³-hybridized carbons (Fsp3) is 0.500. The highest BCUT2D eigenvalue weighted by Crippen LogP contribution is 2.39. The molecule has 0 aromatic heterocycles. The Morgan fingerprint density at radius 3 is 2.87 bits per heavy atom. The lowest BCUT2D eigenvalue weighted by molar-refractivity contribution is 0.569. The lowest BCUT2D eigenvalue weighted by atomic mass is 10.1. The maximum atomic E-state index is 13.4. The van der Waals surface area contributed by atoms with E-state index in [0.717, 1.165) is 11.4 Å². The van der Waals surface area contributed by atoms with Gasteiger partial charge in [-0.15, -0.1) is 11.8 Å². The highest BCUT2D eigenvalue weighted by Gasteiger charge is 2.27. The van der Waals surface area contributed by atoms with Crippen LogP contribution < -0.4 is 5.73 Å². The molecule has 2 N–H and O–H groups in total. The SMILES string of the molecule is NCC1CCCC1Sc1ccccc1F. The average Bonchev–Trinajstić information content (AvgIpc) is 2.69. The molecule has 0 heterocycles. The molecule has 1 fully saturated rings. The molecule has 1 saturated carbocycles. The van der Waals surface area contributed by atoms with Crippen molar-refractivity contribution in [2.75, 3.05) is 6.54 Å². The highest BCUT2D eigenvalue weighted by atomic mass is 32.2. The molecule has 2 unspecified atom stereocenters. The molecule has 1 nitrogen and oxygen atoms in total. The summed E-state index contributed by atoms with van der Waals surface area (Å²) in [7, 11) is 0. The molecule has 82 valence electrons. The number of halogens is 1. The molecule has 0 radical (unpaired) electrons. The Labute approximate surface area is 94.2 Å². The van der Waals surface area contributed by atoms with Gasteiger partial charge >= 0.3 is 0 Å². The Balaban J connectivity index is 2.05. The smallest absolute Gasteiger partial charge is 0.136 e. The van der Waals surface area contributed by atoms with Gasteiger partial charge in [-0.25, -0.2) is 4.39 Å². The first-order valence-corrected chi connectivity index (χ1v) is 6.30. The van der Waals surface area contributed by atoms with Crippen LogP contribution >= 0.6 is 11.8 Å². The molecule has 2 atom stereocenters. The Morgan fingerprint density at radius 2 is 2.13 bits per heavy atom. The third-order valence-electron chi connectivity index (χ3n) is 3.01. The second-order valence-corrected chi connectivity index (χ2v) is 5.29. The number of benzene rings is 1. The molecule has 1 aliphatic carbocycles. The van der Waals surface area contributed by atoms with Crippen molar-refractivity contribution in [3.05, 3.63) is 30.1 Å². The fourth-order valence-electron chi connectivity index (χ4n) is 2.13. The Morgan fingerprint density at radius 1 is 1.33 bits per heavy atom. The van der Waals surface area contributed by atoms with E-state index in [4.69, 9.17) is 5.73 Å². The summed E-state index contributed by atoms with van der Waals surface area (Å²) >= 11 is 1.66. The Hall–Kier alpha value is -0.540. The summed E-state index contributed by atoms with van der Waals surface area (Å²) in [6.45, 7) is 0.728. The number of hydrogen-bond donors (Lipinski definition) is 1. The van der Waals surface area contributed by atoms with Gasteiger partial charge < -0.3 is 5.73 Å². The van der Waals surface area contributed by atoms with Crippen LogP contribution in [0, 0.1) is 11.7 Å². The minimum absolute atomic E-state index is 0.106. The largest absolute Gasteiger partial charge is 0.330 e. The molecule has 1 aromatic carbocycles. The summed E-state index contributed by atoms with van der Waals surface area (Å²) < 4.78 is 13.4. The van der Waals surface area contributed by atoms with Crippen LogP contribution in [0.3, 0.4) is 0 Å². The van der Waals surface area contributed by atoms with E-state index >= 15 is 0 Å². The van der Waals surface area contributed by atoms with E-state index in [1.165, 1.54) is 25.3 Å². The summed E-state index contributed by atoms with van der Waals surface area (Å²) in [5.74, 6) is 0.458. The van der Waals surface area contributed by atoms with Crippen LogP contribution in [-0.2, 0) is 0 Å². The van der Waals surface area contributed by atoms with Crippen molar-refractivity contribution in [3.63, 3.8) is 0 Å². The summed E-state index contributed by atoms with van der Waals surface area (Å²) in [6.07, 6.45) is 3.59. The molecule has 0 spiro atoms. The molecule has 0 amide bonds. The lowest BCUT2D eigenvalue weighted by Gasteiger charge is -2.17. The second kappa shape index (κ2) is 4.99. The second-order valence-electron chi connectivity index (χ2n) is 4.01. The monoisotopic (exact) mass is 225 g/mol. The third kappa shape index (κ3) is 2.52. The van der Waals surface area contributed by atoms with Crippen molar-refractivity contribution in [3.8, 4) is 0 Å². The maximum Gasteiger partial charge on any atom is 0.136 e. The maximum absolute atomic E-state index is 13.4. The highest BCUT2D eigenvalue weighted by molar-refractivity contribution is 8.00. The number of hydrogen-bond acceptors (Lipinski definition) is 2. The molecular weight excluding hydrogens is 209 g/mol. The molecule has 1 aromatic rings. The lowest BCUT2D eigenvalue weighted by Crippen LogP contribution is -2.20. The van der Waals surface area contributed by atoms with Crippen LogP contribution in [0.15, 0.2) is 29.2 Å². The van der Waals surface area contributed by atoms with E-state index in [9.17, 15) is 4.39 Å². The first-order valence-electron chi connectivity index (χ1n) is 5.42. The van der Waals surface area contributed by atoms with Crippen molar-refractivity contribution in [1.29, 1.82) is 0 Å². The van der Waals surface area contributed by atoms with Crippen molar-refractivity contribution in [2.45, 2.75) is 29.4 Å². The Bertz CT molecular complexity index is 329. The van der Waals surface area contributed by atoms with Crippen LogP contribution in [0.1, 0.15) is 19.3 Å². The van der Waals surface area contributed by atoms with Gasteiger partial charge in [0.15, 0.2) is 0 Å². The average molecular weight is 225 g/mol. The van der Waals surface area contributed by atoms with E-state index in [1.54, 1.807) is 17.8 Å². The van der Waals surface area contributed by atoms with Gasteiger partial charge in [0.1, 0.15) is 5.82 Å². The van der Waals surface area contributed by atoms with Gasteiger partial charge in [-0.05, 0) is 37.4 Å². The normalized spacial score (nSPS) is 25.7. The van der Waals surface area contributed by atoms with Crippen LogP contribution in [0.25, 0.3) is 0 Å². The predicted octanol–water partition coefficient (Wildman–Crippen LogP) is 3.05. The molecule has 2 rings (SSSR count). The molecule has 15 heavy (non-hydrogen) atoms. The van der Waals surface area contributed by atoms with Crippen LogP contribution in [-0.4, -0.2) is 11.8 Å². The molecule has 3 heteroatoms. The van der Waals surface area contributed by atoms with Crippen LogP contribution in [0.2, 0.25) is 0 Å². The summed E-state index contributed by atoms with van der Waals surface area (Å²) in [4.78, 5) is 0.767. The van der Waals surface area contributed by atoms with Gasteiger partial charge in [0.2, 0.25) is 0 Å². The van der Waals surface area contributed by atoms with Gasteiger partial charge in [0.05, 0.1) is 0 Å². The number of nitrogens with two attached hydrogens (primary N) is 1. The van der Waals surface area contributed by atoms with Crippen molar-refractivity contribution >= 4 is 11.8 Å². The van der Waals surface area contributed by atoms with Gasteiger partial charge in [0.25, 0.3) is 0 Å². The topological polar surface area (TPSA) is 26.0 Å². The van der Waals surface area contributed by atoms with E-state index in [1.807, 2.05) is 12.1 Å². The molecule has 1 aliphatic rings. The summed E-state index contributed by atoms with van der Waals surface area (Å²) in [5.41, 5.74) is 5.71. The first kappa shape index (κ1) is 11.0. The van der Waals surface area contributed by atoms with E-state index in [2.05, 4.69) is 0 Å². The van der Waals surface area contributed by atoms with Gasteiger partial charge in [-0.1, -0.05) is 18.6 Å². The standard InChI is InChI=1S/C12H16FNS/c13-10-5-1-2-6-12(10)15-11-7-3-4-9(11)8-14/h1-2,5-6,9,11H,3-4,7-8,14H2. The minimum atomic E-state index is -0.106. The fourth-order valence-corrected chi connectivity index (χ4v) is 3.52. The summed E-state index contributed by atoms with van der Waals surface area (Å²) in [6, 6.07) is 6.99. The molecule has 0 bridgehead atoms. The predicted molar refractivity (Wildman–Crippen MR) is 62.4 cm³/mol. The van der Waals surface area contributed by atoms with Gasteiger partial charge in [-0.3, -0.25) is 0 Å². The van der Waals surface area contributed by atoms with E-state index in [0.29, 0.717) is 11.2 Å². The van der Waals surface area contributed by atoms with Crippen molar-refractivity contribution in [2.24, 2.45) is 11.7 Å². The quantitative estimate of drug-likeness (QED) is 0.855. The zero-order chi connectivity index (χ0) is 10.7.